The summed E-state index contributed by atoms with van der Waals surface area (Å²) in [6, 6.07) is 6.71. The van der Waals surface area contributed by atoms with Crippen LogP contribution < -0.4 is 4.90 Å². The summed E-state index contributed by atoms with van der Waals surface area (Å²) in [5.41, 5.74) is 2.18. The number of hydrogen-bond acceptors (Lipinski definition) is 7. The van der Waals surface area contributed by atoms with Gasteiger partial charge in [-0.3, -0.25) is 14.9 Å². The maximum atomic E-state index is 12.6. The molecule has 0 aliphatic carbocycles. The molecule has 0 fully saturated rings. The zero-order valence-corrected chi connectivity index (χ0v) is 14.5. The van der Waals surface area contributed by atoms with Crippen molar-refractivity contribution in [2.24, 2.45) is 0 Å². The van der Waals surface area contributed by atoms with Crippen molar-refractivity contribution in [2.45, 2.75) is 26.2 Å². The second-order valence-corrected chi connectivity index (χ2v) is 6.31. The number of nitrogens with zero attached hydrogens (tertiary/aromatic N) is 4. The molecule has 0 N–H and O–H groups in total. The van der Waals surface area contributed by atoms with E-state index in [9.17, 15) is 14.9 Å². The number of furan rings is 1. The van der Waals surface area contributed by atoms with Crippen LogP contribution in [0.4, 0.5) is 11.4 Å². The molecule has 0 radical (unpaired) electrons. The Balaban J connectivity index is 1.46. The summed E-state index contributed by atoms with van der Waals surface area (Å²) < 4.78 is 10.4. The molecule has 0 bridgehead atoms. The number of anilines is 1. The summed E-state index contributed by atoms with van der Waals surface area (Å²) in [6.07, 6.45) is 2.65. The molecule has 1 aliphatic rings. The van der Waals surface area contributed by atoms with Crippen LogP contribution in [0, 0.1) is 17.0 Å². The summed E-state index contributed by atoms with van der Waals surface area (Å²) in [4.78, 5) is 29.2. The van der Waals surface area contributed by atoms with E-state index in [1.165, 1.54) is 12.3 Å². The number of nitro benzene ring substituents is 1. The number of nitro groups is 1. The van der Waals surface area contributed by atoms with E-state index in [1.54, 1.807) is 30.0 Å². The van der Waals surface area contributed by atoms with Gasteiger partial charge in [-0.05, 0) is 37.1 Å². The zero-order chi connectivity index (χ0) is 19.0. The number of rotatable bonds is 5. The summed E-state index contributed by atoms with van der Waals surface area (Å²) in [6.45, 7) is 2.21. The molecule has 3 aromatic rings. The van der Waals surface area contributed by atoms with Gasteiger partial charge < -0.3 is 13.8 Å². The highest BCUT2D eigenvalue weighted by atomic mass is 16.6. The molecule has 0 unspecified atom stereocenters. The third kappa shape index (κ3) is 3.19. The van der Waals surface area contributed by atoms with E-state index >= 15 is 0 Å². The first-order valence-electron chi connectivity index (χ1n) is 8.47. The lowest BCUT2D eigenvalue weighted by Crippen LogP contribution is -2.29. The van der Waals surface area contributed by atoms with Crippen LogP contribution in [0.15, 0.2) is 39.5 Å². The van der Waals surface area contributed by atoms with Crippen molar-refractivity contribution in [3.8, 4) is 11.6 Å². The molecule has 0 saturated carbocycles. The molecule has 27 heavy (non-hydrogen) atoms. The summed E-state index contributed by atoms with van der Waals surface area (Å²) in [7, 11) is 0. The lowest BCUT2D eigenvalue weighted by Gasteiger charge is -2.17. The first-order chi connectivity index (χ1) is 13.0. The van der Waals surface area contributed by atoms with Crippen molar-refractivity contribution in [1.29, 1.82) is 0 Å². The summed E-state index contributed by atoms with van der Waals surface area (Å²) >= 11 is 0. The molecule has 1 amide bonds. The molecule has 1 aromatic carbocycles. The maximum Gasteiger partial charge on any atom is 0.274 e. The Morgan fingerprint density at radius 2 is 2.26 bits per heavy atom. The highest BCUT2D eigenvalue weighted by Crippen LogP contribution is 2.34. The number of fused-ring (bicyclic) bond motifs is 1. The van der Waals surface area contributed by atoms with E-state index in [2.05, 4.69) is 10.1 Å². The Morgan fingerprint density at radius 3 is 3.00 bits per heavy atom. The highest BCUT2D eigenvalue weighted by Gasteiger charge is 2.28. The topological polar surface area (TPSA) is 116 Å². The van der Waals surface area contributed by atoms with E-state index < -0.39 is 4.92 Å². The van der Waals surface area contributed by atoms with E-state index in [-0.39, 0.29) is 24.4 Å². The van der Waals surface area contributed by atoms with Gasteiger partial charge in [0.05, 0.1) is 16.9 Å². The first-order valence-corrected chi connectivity index (χ1v) is 8.47. The minimum atomic E-state index is -0.425. The second kappa shape index (κ2) is 6.67. The van der Waals surface area contributed by atoms with Crippen molar-refractivity contribution in [3.63, 3.8) is 0 Å². The van der Waals surface area contributed by atoms with Gasteiger partial charge in [0.25, 0.3) is 5.69 Å². The van der Waals surface area contributed by atoms with Crippen LogP contribution in [-0.4, -0.2) is 27.5 Å². The molecule has 0 spiro atoms. The van der Waals surface area contributed by atoms with E-state index in [0.717, 1.165) is 5.56 Å². The fourth-order valence-corrected chi connectivity index (χ4v) is 3.22. The van der Waals surface area contributed by atoms with Crippen LogP contribution in [0.5, 0.6) is 0 Å². The van der Waals surface area contributed by atoms with Gasteiger partial charge in [-0.25, -0.2) is 0 Å². The van der Waals surface area contributed by atoms with Crippen LogP contribution in [0.2, 0.25) is 0 Å². The monoisotopic (exact) mass is 368 g/mol. The van der Waals surface area contributed by atoms with Gasteiger partial charge in [0.15, 0.2) is 5.76 Å². The van der Waals surface area contributed by atoms with Gasteiger partial charge in [-0.2, -0.15) is 4.98 Å². The van der Waals surface area contributed by atoms with Crippen molar-refractivity contribution in [3.05, 3.63) is 57.7 Å². The molecule has 0 atom stereocenters. The van der Waals surface area contributed by atoms with Crippen LogP contribution in [0.1, 0.15) is 23.4 Å². The first kappa shape index (κ1) is 17.0. The molecular weight excluding hydrogens is 352 g/mol. The van der Waals surface area contributed by atoms with E-state index in [1.807, 2.05) is 0 Å². The lowest BCUT2D eigenvalue weighted by molar-refractivity contribution is -0.385. The molecule has 2 aromatic heterocycles. The number of carbonyl (C=O) groups excluding carboxylic acids is 1. The molecule has 3 heterocycles. The van der Waals surface area contributed by atoms with Gasteiger partial charge in [0, 0.05) is 31.0 Å². The Morgan fingerprint density at radius 1 is 1.41 bits per heavy atom. The minimum absolute atomic E-state index is 0.0217. The second-order valence-electron chi connectivity index (χ2n) is 6.31. The largest absolute Gasteiger partial charge is 0.461 e. The third-order valence-corrected chi connectivity index (χ3v) is 4.55. The Hall–Kier alpha value is -3.49. The standard InChI is InChI=1S/C18H16N4O5/c1-11-9-12-6-7-21(14(12)10-13(11)22(24)25)17(23)5-4-16-19-18(20-27-16)15-3-2-8-26-15/h2-3,8-10H,4-7H2,1H3. The number of hydrogen-bond donors (Lipinski definition) is 0. The number of aromatic nitrogens is 2. The zero-order valence-electron chi connectivity index (χ0n) is 14.5. The maximum absolute atomic E-state index is 12.6. The molecule has 4 rings (SSSR count). The van der Waals surface area contributed by atoms with Crippen LogP contribution in [-0.2, 0) is 17.6 Å². The normalized spacial score (nSPS) is 13.0. The molecule has 9 nitrogen and oxygen atoms in total. The predicted octanol–water partition coefficient (Wildman–Crippen LogP) is 3.07. The smallest absolute Gasteiger partial charge is 0.274 e. The van der Waals surface area contributed by atoms with Gasteiger partial charge in [0.2, 0.25) is 17.6 Å². The van der Waals surface area contributed by atoms with Crippen molar-refractivity contribution >= 4 is 17.3 Å². The van der Waals surface area contributed by atoms with Crippen LogP contribution in [0.3, 0.4) is 0 Å². The number of aryl methyl sites for hydroxylation is 2. The van der Waals surface area contributed by atoms with Gasteiger partial charge in [0.1, 0.15) is 0 Å². The number of amides is 1. The van der Waals surface area contributed by atoms with Gasteiger partial charge in [-0.1, -0.05) is 5.16 Å². The minimum Gasteiger partial charge on any atom is -0.461 e. The van der Waals surface area contributed by atoms with E-state index in [4.69, 9.17) is 8.94 Å². The van der Waals surface area contributed by atoms with Crippen LogP contribution >= 0.6 is 0 Å². The SMILES string of the molecule is Cc1cc2c(cc1[N+](=O)[O-])N(C(=O)CCc1nc(-c3ccco3)no1)CC2. The molecule has 138 valence electrons. The average Bonchev–Trinajstić information content (AvgIpc) is 3.37. The summed E-state index contributed by atoms with van der Waals surface area (Å²) in [5, 5.41) is 15.0. The van der Waals surface area contributed by atoms with Gasteiger partial charge >= 0.3 is 0 Å². The number of benzene rings is 1. The van der Waals surface area contributed by atoms with Gasteiger partial charge in [-0.15, -0.1) is 0 Å². The Kier molecular flexibility index (Phi) is 4.19. The lowest BCUT2D eigenvalue weighted by atomic mass is 10.1. The predicted molar refractivity (Wildman–Crippen MR) is 94.2 cm³/mol. The fraction of sp³-hybridized carbons (Fsp3) is 0.278. The van der Waals surface area contributed by atoms with Crippen molar-refractivity contribution in [2.75, 3.05) is 11.4 Å². The Bertz CT molecular complexity index is 1010. The third-order valence-electron chi connectivity index (χ3n) is 4.55. The quantitative estimate of drug-likeness (QED) is 0.502. The molecule has 9 heteroatoms. The molecule has 1 aliphatic heterocycles. The fourth-order valence-electron chi connectivity index (χ4n) is 3.22. The average molecular weight is 368 g/mol. The van der Waals surface area contributed by atoms with E-state index in [0.29, 0.717) is 41.7 Å². The Labute approximate surface area is 153 Å². The van der Waals surface area contributed by atoms with Crippen molar-refractivity contribution in [1.82, 2.24) is 10.1 Å². The van der Waals surface area contributed by atoms with Crippen molar-refractivity contribution < 1.29 is 18.7 Å². The summed E-state index contributed by atoms with van der Waals surface area (Å²) in [5.74, 6) is 1.03. The molecular formula is C18H16N4O5. The molecule has 0 saturated heterocycles. The highest BCUT2D eigenvalue weighted by molar-refractivity contribution is 5.96. The number of carbonyl (C=O) groups is 1. The van der Waals surface area contributed by atoms with Crippen LogP contribution in [0.25, 0.3) is 11.6 Å².